The molecule has 3 N–H and O–H groups in total. The van der Waals surface area contributed by atoms with Gasteiger partial charge in [0.1, 0.15) is 5.75 Å². The van der Waals surface area contributed by atoms with Crippen LogP contribution in [0.4, 0.5) is 0 Å². The van der Waals surface area contributed by atoms with E-state index in [9.17, 15) is 4.21 Å². The van der Waals surface area contributed by atoms with Crippen molar-refractivity contribution in [3.63, 3.8) is 0 Å². The fraction of sp³-hybridized carbons (Fsp3) is 0.571. The molecule has 2 rings (SSSR count). The minimum Gasteiger partial charge on any atom is -0.493 e. The van der Waals surface area contributed by atoms with Crippen molar-refractivity contribution in [3.8, 4) is 5.75 Å². The lowest BCUT2D eigenvalue weighted by molar-refractivity contribution is 0.0497. The average molecular weight is 298 g/mol. The summed E-state index contributed by atoms with van der Waals surface area (Å²) in [5.41, 5.74) is 5.40. The normalized spacial score (nSPS) is 19.4. The molecular weight excluding hydrogens is 276 g/mol. The summed E-state index contributed by atoms with van der Waals surface area (Å²) in [6, 6.07) is 7.01. The van der Waals surface area contributed by atoms with Crippen LogP contribution in [0.1, 0.15) is 12.8 Å². The predicted octanol–water partition coefficient (Wildman–Crippen LogP) is 1.86. The van der Waals surface area contributed by atoms with Gasteiger partial charge in [0.25, 0.3) is 0 Å². The van der Waals surface area contributed by atoms with Crippen molar-refractivity contribution in [3.05, 3.63) is 24.3 Å². The Balaban J connectivity index is 1.98. The number of hydrogen-bond donors (Lipinski definition) is 2. The molecule has 1 heterocycles. The van der Waals surface area contributed by atoms with Crippen molar-refractivity contribution < 1.29 is 13.7 Å². The van der Waals surface area contributed by atoms with Crippen LogP contribution in [0.5, 0.6) is 5.75 Å². The second-order valence-electron chi connectivity index (χ2n) is 5.01. The highest BCUT2D eigenvalue weighted by molar-refractivity contribution is 7.92. The molecule has 112 valence electrons. The zero-order valence-corrected chi connectivity index (χ0v) is 12.4. The van der Waals surface area contributed by atoms with Crippen molar-refractivity contribution in [2.45, 2.75) is 17.7 Å². The Morgan fingerprint density at radius 1 is 1.40 bits per heavy atom. The zero-order chi connectivity index (χ0) is 14.4. The molecule has 1 aromatic rings. The van der Waals surface area contributed by atoms with Gasteiger partial charge < -0.3 is 15.2 Å². The summed E-state index contributed by atoms with van der Waals surface area (Å²) in [6.45, 7) is 2.48. The first-order valence-corrected chi connectivity index (χ1v) is 8.62. The molecule has 1 atom stereocenters. The van der Waals surface area contributed by atoms with Crippen LogP contribution in [0.15, 0.2) is 29.2 Å². The van der Waals surface area contributed by atoms with Crippen molar-refractivity contribution in [2.75, 3.05) is 32.1 Å². The third kappa shape index (κ3) is 4.19. The molecule has 0 spiro atoms. The lowest BCUT2D eigenvalue weighted by Crippen LogP contribution is -2.21. The summed E-state index contributed by atoms with van der Waals surface area (Å²) >= 11 is 0. The van der Waals surface area contributed by atoms with E-state index in [1.165, 1.54) is 0 Å². The monoisotopic (exact) mass is 298 g/mol. The summed E-state index contributed by atoms with van der Waals surface area (Å²) < 4.78 is 31.1. The Morgan fingerprint density at radius 3 is 2.85 bits per heavy atom. The topological polar surface area (TPSA) is 85.4 Å². The molecule has 6 heteroatoms. The van der Waals surface area contributed by atoms with E-state index in [0.717, 1.165) is 26.1 Å². The Labute approximate surface area is 120 Å². The summed E-state index contributed by atoms with van der Waals surface area (Å²) in [4.78, 5) is 0.493. The van der Waals surface area contributed by atoms with Crippen LogP contribution in [0.2, 0.25) is 0 Å². The largest absolute Gasteiger partial charge is 0.493 e. The summed E-state index contributed by atoms with van der Waals surface area (Å²) in [5, 5.41) is 0. The molecule has 1 fully saturated rings. The van der Waals surface area contributed by atoms with E-state index in [1.54, 1.807) is 18.2 Å². The molecular formula is C14H22N2O3S. The highest BCUT2D eigenvalue weighted by Crippen LogP contribution is 2.21. The second-order valence-corrected chi connectivity index (χ2v) is 7.24. The summed E-state index contributed by atoms with van der Waals surface area (Å²) in [7, 11) is -2.80. The van der Waals surface area contributed by atoms with Crippen LogP contribution in [0.25, 0.3) is 0 Å². The molecule has 0 amide bonds. The van der Waals surface area contributed by atoms with Gasteiger partial charge in [-0.3, -0.25) is 0 Å². The minimum atomic E-state index is -2.80. The van der Waals surface area contributed by atoms with Gasteiger partial charge in [-0.25, -0.2) is 8.99 Å². The maximum Gasteiger partial charge on any atom is 0.120 e. The van der Waals surface area contributed by atoms with E-state index in [4.69, 9.17) is 20.0 Å². The van der Waals surface area contributed by atoms with Gasteiger partial charge in [-0.15, -0.1) is 0 Å². The van der Waals surface area contributed by atoms with Gasteiger partial charge in [0.2, 0.25) is 0 Å². The number of rotatable bonds is 6. The van der Waals surface area contributed by atoms with Crippen LogP contribution in [0.3, 0.4) is 0 Å². The Morgan fingerprint density at radius 2 is 2.15 bits per heavy atom. The molecule has 0 aromatic heterocycles. The Bertz CT molecular complexity index is 525. The standard InChI is InChI=1S/C14H22N2O3S/c15-6-9-20(16,17)14-3-1-2-13(10-14)19-11-12-4-7-18-8-5-12/h1-3,10,12,16H,4-9,11,15H2. The van der Waals surface area contributed by atoms with Crippen molar-refractivity contribution >= 4 is 9.73 Å². The zero-order valence-electron chi connectivity index (χ0n) is 11.5. The Kier molecular flexibility index (Phi) is 5.39. The van der Waals surface area contributed by atoms with Crippen molar-refractivity contribution in [1.29, 1.82) is 4.78 Å². The number of benzene rings is 1. The van der Waals surface area contributed by atoms with Gasteiger partial charge in [-0.1, -0.05) is 6.07 Å². The predicted molar refractivity (Wildman–Crippen MR) is 78.5 cm³/mol. The van der Waals surface area contributed by atoms with Crippen LogP contribution >= 0.6 is 0 Å². The van der Waals surface area contributed by atoms with E-state index < -0.39 is 9.73 Å². The van der Waals surface area contributed by atoms with Crippen molar-refractivity contribution in [1.82, 2.24) is 0 Å². The van der Waals surface area contributed by atoms with E-state index in [0.29, 0.717) is 23.2 Å². The highest BCUT2D eigenvalue weighted by atomic mass is 32.2. The van der Waals surface area contributed by atoms with E-state index >= 15 is 0 Å². The molecule has 5 nitrogen and oxygen atoms in total. The third-order valence-electron chi connectivity index (χ3n) is 3.42. The Hall–Kier alpha value is -1.11. The molecule has 1 aromatic carbocycles. The lowest BCUT2D eigenvalue weighted by atomic mass is 10.0. The first kappa shape index (κ1) is 15.3. The maximum absolute atomic E-state index is 12.2. The van der Waals surface area contributed by atoms with Crippen LogP contribution in [0, 0.1) is 10.7 Å². The van der Waals surface area contributed by atoms with E-state index in [-0.39, 0.29) is 12.3 Å². The molecule has 0 radical (unpaired) electrons. The summed E-state index contributed by atoms with van der Waals surface area (Å²) in [6.07, 6.45) is 2.03. The van der Waals surface area contributed by atoms with Crippen molar-refractivity contribution in [2.24, 2.45) is 11.7 Å². The highest BCUT2D eigenvalue weighted by Gasteiger charge is 2.15. The van der Waals surface area contributed by atoms with E-state index in [1.807, 2.05) is 6.07 Å². The second kappa shape index (κ2) is 7.06. The molecule has 20 heavy (non-hydrogen) atoms. The number of ether oxygens (including phenoxy) is 2. The lowest BCUT2D eigenvalue weighted by Gasteiger charge is -2.22. The minimum absolute atomic E-state index is 0.177. The first-order chi connectivity index (χ1) is 9.62. The number of nitrogens with two attached hydrogens (primary N) is 1. The first-order valence-electron chi connectivity index (χ1n) is 6.89. The third-order valence-corrected chi connectivity index (χ3v) is 5.24. The van der Waals surface area contributed by atoms with Gasteiger partial charge >= 0.3 is 0 Å². The van der Waals surface area contributed by atoms with Gasteiger partial charge in [0, 0.05) is 25.5 Å². The van der Waals surface area contributed by atoms with Crippen LogP contribution in [-0.4, -0.2) is 36.3 Å². The number of hydrogen-bond acceptors (Lipinski definition) is 5. The van der Waals surface area contributed by atoms with Crippen LogP contribution < -0.4 is 10.5 Å². The van der Waals surface area contributed by atoms with Gasteiger partial charge in [0.05, 0.1) is 21.2 Å². The van der Waals surface area contributed by atoms with Gasteiger partial charge in [-0.2, -0.15) is 0 Å². The fourth-order valence-electron chi connectivity index (χ4n) is 2.18. The smallest absolute Gasteiger partial charge is 0.120 e. The van der Waals surface area contributed by atoms with Gasteiger partial charge in [0.15, 0.2) is 0 Å². The fourth-order valence-corrected chi connectivity index (χ4v) is 3.35. The molecule has 0 saturated carbocycles. The molecule has 0 bridgehead atoms. The average Bonchev–Trinajstić information content (AvgIpc) is 2.46. The molecule has 1 aliphatic heterocycles. The molecule has 1 saturated heterocycles. The quantitative estimate of drug-likeness (QED) is 0.839. The number of nitrogens with one attached hydrogen (secondary N) is 1. The molecule has 1 unspecified atom stereocenters. The molecule has 1 aliphatic rings. The van der Waals surface area contributed by atoms with Gasteiger partial charge in [-0.05, 0) is 37.0 Å². The molecule has 0 aliphatic carbocycles. The van der Waals surface area contributed by atoms with E-state index in [2.05, 4.69) is 0 Å². The SMILES string of the molecule is N=S(=O)(CCN)c1cccc(OCC2CCOCC2)c1. The summed E-state index contributed by atoms with van der Waals surface area (Å²) in [5.74, 6) is 1.36. The maximum atomic E-state index is 12.2. The van der Waals surface area contributed by atoms with Crippen LogP contribution in [-0.2, 0) is 14.5 Å².